The third kappa shape index (κ3) is 5.13. The van der Waals surface area contributed by atoms with Crippen LogP contribution in [0.1, 0.15) is 49.3 Å². The molecule has 4 aromatic rings. The maximum absolute atomic E-state index is 14.9. The van der Waals surface area contributed by atoms with E-state index in [1.54, 1.807) is 6.07 Å². The highest BCUT2D eigenvalue weighted by Gasteiger charge is 2.42. The van der Waals surface area contributed by atoms with Crippen molar-refractivity contribution in [3.05, 3.63) is 114 Å². The van der Waals surface area contributed by atoms with Crippen molar-refractivity contribution >= 4 is 11.6 Å². The maximum Gasteiger partial charge on any atom is 0.206 e. The Hall–Kier alpha value is -3.60. The summed E-state index contributed by atoms with van der Waals surface area (Å²) in [4.78, 5) is 9.66. The SMILES string of the molecule is CCCCN(c1nccn1C)C(Cc1ccc(N2CCCC2)cc1)(c1ccccc1)c1cccc(F)c1. The number of halogens is 1. The number of aromatic nitrogens is 2. The number of nitrogens with zero attached hydrogens (tertiary/aromatic N) is 4. The highest BCUT2D eigenvalue weighted by atomic mass is 19.1. The Balaban J connectivity index is 1.69. The van der Waals surface area contributed by atoms with Crippen LogP contribution in [0.4, 0.5) is 16.0 Å². The largest absolute Gasteiger partial charge is 0.372 e. The van der Waals surface area contributed by atoms with Crippen LogP contribution >= 0.6 is 0 Å². The first-order valence-electron chi connectivity index (χ1n) is 13.5. The molecule has 3 aromatic carbocycles. The molecule has 1 fully saturated rings. The Morgan fingerprint density at radius 2 is 1.65 bits per heavy atom. The van der Waals surface area contributed by atoms with Crippen LogP contribution in [-0.4, -0.2) is 29.2 Å². The monoisotopic (exact) mass is 496 g/mol. The zero-order valence-corrected chi connectivity index (χ0v) is 22.0. The van der Waals surface area contributed by atoms with Gasteiger partial charge in [-0.15, -0.1) is 0 Å². The highest BCUT2D eigenvalue weighted by molar-refractivity contribution is 5.54. The average molecular weight is 497 g/mol. The van der Waals surface area contributed by atoms with Crippen molar-refractivity contribution in [3.8, 4) is 0 Å². The van der Waals surface area contributed by atoms with Gasteiger partial charge in [0.1, 0.15) is 5.82 Å². The van der Waals surface area contributed by atoms with Crippen LogP contribution in [0.5, 0.6) is 0 Å². The van der Waals surface area contributed by atoms with E-state index in [9.17, 15) is 4.39 Å². The number of hydrogen-bond acceptors (Lipinski definition) is 3. The van der Waals surface area contributed by atoms with E-state index in [0.29, 0.717) is 6.42 Å². The fraction of sp³-hybridized carbons (Fsp3) is 0.344. The van der Waals surface area contributed by atoms with Crippen LogP contribution < -0.4 is 9.80 Å². The van der Waals surface area contributed by atoms with E-state index in [0.717, 1.165) is 49.6 Å². The van der Waals surface area contributed by atoms with E-state index in [4.69, 9.17) is 4.98 Å². The van der Waals surface area contributed by atoms with Crippen LogP contribution in [0.2, 0.25) is 0 Å². The molecule has 192 valence electrons. The summed E-state index contributed by atoms with van der Waals surface area (Å²) in [5, 5.41) is 0. The summed E-state index contributed by atoms with van der Waals surface area (Å²) >= 11 is 0. The Morgan fingerprint density at radius 1 is 0.919 bits per heavy atom. The van der Waals surface area contributed by atoms with E-state index in [1.165, 1.54) is 30.2 Å². The van der Waals surface area contributed by atoms with Gasteiger partial charge in [-0.3, -0.25) is 0 Å². The Labute approximate surface area is 220 Å². The fourth-order valence-electron chi connectivity index (χ4n) is 5.73. The molecule has 0 radical (unpaired) electrons. The van der Waals surface area contributed by atoms with Gasteiger partial charge in [0.2, 0.25) is 5.95 Å². The van der Waals surface area contributed by atoms with E-state index in [1.807, 2.05) is 31.6 Å². The minimum absolute atomic E-state index is 0.225. The van der Waals surface area contributed by atoms with Crippen LogP contribution in [0.25, 0.3) is 0 Å². The molecule has 0 aliphatic carbocycles. The normalized spacial score (nSPS) is 15.1. The van der Waals surface area contributed by atoms with Crippen LogP contribution in [0, 0.1) is 5.82 Å². The Kier molecular flexibility index (Phi) is 7.59. The molecular formula is C32H37FN4. The van der Waals surface area contributed by atoms with E-state index in [-0.39, 0.29) is 5.82 Å². The van der Waals surface area contributed by atoms with Crippen molar-refractivity contribution in [2.24, 2.45) is 7.05 Å². The van der Waals surface area contributed by atoms with Gasteiger partial charge in [0.25, 0.3) is 0 Å². The number of aryl methyl sites for hydroxylation is 1. The minimum Gasteiger partial charge on any atom is -0.372 e. The Morgan fingerprint density at radius 3 is 2.30 bits per heavy atom. The molecule has 0 bridgehead atoms. The van der Waals surface area contributed by atoms with Gasteiger partial charge in [-0.2, -0.15) is 0 Å². The topological polar surface area (TPSA) is 24.3 Å². The van der Waals surface area contributed by atoms with Crippen molar-refractivity contribution in [1.82, 2.24) is 9.55 Å². The number of hydrogen-bond donors (Lipinski definition) is 0. The zero-order valence-electron chi connectivity index (χ0n) is 22.0. The van der Waals surface area contributed by atoms with Crippen molar-refractivity contribution in [3.63, 3.8) is 0 Å². The number of anilines is 2. The first-order chi connectivity index (χ1) is 18.1. The smallest absolute Gasteiger partial charge is 0.206 e. The zero-order chi connectivity index (χ0) is 25.7. The fourth-order valence-corrected chi connectivity index (χ4v) is 5.73. The molecule has 4 nitrogen and oxygen atoms in total. The summed E-state index contributed by atoms with van der Waals surface area (Å²) in [5.41, 5.74) is 3.91. The summed E-state index contributed by atoms with van der Waals surface area (Å²) in [6.07, 6.45) is 9.10. The quantitative estimate of drug-likeness (QED) is 0.237. The van der Waals surface area contributed by atoms with Gasteiger partial charge in [-0.1, -0.05) is 67.9 Å². The molecule has 1 aliphatic rings. The lowest BCUT2D eigenvalue weighted by Gasteiger charge is -2.46. The summed E-state index contributed by atoms with van der Waals surface area (Å²) in [7, 11) is 2.04. The summed E-state index contributed by atoms with van der Waals surface area (Å²) in [6, 6.07) is 26.7. The van der Waals surface area contributed by atoms with Crippen molar-refractivity contribution < 1.29 is 4.39 Å². The average Bonchev–Trinajstić information content (AvgIpc) is 3.62. The van der Waals surface area contributed by atoms with E-state index in [2.05, 4.69) is 75.9 Å². The van der Waals surface area contributed by atoms with Crippen molar-refractivity contribution in [1.29, 1.82) is 0 Å². The lowest BCUT2D eigenvalue weighted by atomic mass is 9.76. The van der Waals surface area contributed by atoms with Crippen molar-refractivity contribution in [2.75, 3.05) is 29.4 Å². The second-order valence-electron chi connectivity index (χ2n) is 10.1. The third-order valence-electron chi connectivity index (χ3n) is 7.65. The van der Waals surface area contributed by atoms with E-state index < -0.39 is 5.54 Å². The van der Waals surface area contributed by atoms with Crippen molar-refractivity contribution in [2.45, 2.75) is 44.6 Å². The molecule has 1 aliphatic heterocycles. The number of imidazole rings is 1. The number of benzene rings is 3. The first kappa shape index (κ1) is 25.1. The Bertz CT molecular complexity index is 1280. The van der Waals surface area contributed by atoms with Gasteiger partial charge < -0.3 is 14.4 Å². The minimum atomic E-state index is -0.646. The summed E-state index contributed by atoms with van der Waals surface area (Å²) in [5.74, 6) is 0.660. The summed E-state index contributed by atoms with van der Waals surface area (Å²) in [6.45, 7) is 5.26. The van der Waals surface area contributed by atoms with Crippen LogP contribution in [-0.2, 0) is 19.0 Å². The highest BCUT2D eigenvalue weighted by Crippen LogP contribution is 2.42. The molecule has 0 spiro atoms. The molecule has 1 saturated heterocycles. The molecule has 5 rings (SSSR count). The van der Waals surface area contributed by atoms with Gasteiger partial charge >= 0.3 is 0 Å². The van der Waals surface area contributed by atoms with Gasteiger partial charge in [0.05, 0.1) is 5.54 Å². The second-order valence-corrected chi connectivity index (χ2v) is 10.1. The maximum atomic E-state index is 14.9. The molecule has 1 aromatic heterocycles. The number of rotatable bonds is 10. The van der Waals surface area contributed by atoms with Crippen LogP contribution in [0.15, 0.2) is 91.3 Å². The molecule has 1 unspecified atom stereocenters. The van der Waals surface area contributed by atoms with Gasteiger partial charge in [0.15, 0.2) is 0 Å². The van der Waals surface area contributed by atoms with Gasteiger partial charge in [-0.05, 0) is 60.2 Å². The van der Waals surface area contributed by atoms with Crippen LogP contribution in [0.3, 0.4) is 0 Å². The molecule has 0 saturated carbocycles. The first-order valence-corrected chi connectivity index (χ1v) is 13.5. The lowest BCUT2D eigenvalue weighted by Crippen LogP contribution is -2.51. The second kappa shape index (κ2) is 11.2. The molecule has 0 amide bonds. The molecule has 37 heavy (non-hydrogen) atoms. The lowest BCUT2D eigenvalue weighted by molar-refractivity contribution is 0.447. The predicted molar refractivity (Wildman–Crippen MR) is 151 cm³/mol. The predicted octanol–water partition coefficient (Wildman–Crippen LogP) is 6.95. The molecule has 2 heterocycles. The van der Waals surface area contributed by atoms with Gasteiger partial charge in [-0.25, -0.2) is 9.37 Å². The van der Waals surface area contributed by atoms with E-state index >= 15 is 0 Å². The number of unbranched alkanes of at least 4 members (excludes halogenated alkanes) is 1. The molecular weight excluding hydrogens is 459 g/mol. The summed E-state index contributed by atoms with van der Waals surface area (Å²) < 4.78 is 16.9. The molecule has 0 N–H and O–H groups in total. The third-order valence-corrected chi connectivity index (χ3v) is 7.65. The molecule has 5 heteroatoms. The standard InChI is InChI=1S/C32H37FN4/c1-3-4-22-37(31-34-19-23-35(31)2)32(27-11-6-5-7-12-27,28-13-10-14-29(33)24-28)25-26-15-17-30(18-16-26)36-20-8-9-21-36/h5-7,10-19,23-24H,3-4,8-9,20-22,25H2,1-2H3. The molecule has 1 atom stereocenters. The van der Waals surface area contributed by atoms with Gasteiger partial charge in [0, 0.05) is 51.2 Å².